The summed E-state index contributed by atoms with van der Waals surface area (Å²) in [5.41, 5.74) is 6.73. The van der Waals surface area contributed by atoms with Crippen LogP contribution in [0.4, 0.5) is 5.69 Å². The van der Waals surface area contributed by atoms with E-state index < -0.39 is 0 Å². The zero-order chi connectivity index (χ0) is 21.8. The van der Waals surface area contributed by atoms with Gasteiger partial charge in [0, 0.05) is 11.4 Å². The number of para-hydroxylation sites is 1. The second kappa shape index (κ2) is 8.99. The van der Waals surface area contributed by atoms with Crippen molar-refractivity contribution >= 4 is 17.6 Å². The number of ether oxygens (including phenoxy) is 1. The van der Waals surface area contributed by atoms with Crippen molar-refractivity contribution in [1.29, 1.82) is 0 Å². The molecule has 2 aromatic carbocycles. The predicted molar refractivity (Wildman–Crippen MR) is 120 cm³/mol. The molecule has 0 radical (unpaired) electrons. The molecule has 0 fully saturated rings. The van der Waals surface area contributed by atoms with Crippen molar-refractivity contribution in [3.8, 4) is 11.3 Å². The largest absolute Gasteiger partial charge is 0.462 e. The SMILES string of the molecule is CCOC(=O)c1c(C)c(-c2ccccc2)n(CC(=O)Nc2c(C)cccc2C)c1C. The van der Waals surface area contributed by atoms with E-state index in [0.29, 0.717) is 12.2 Å². The molecule has 5 heteroatoms. The van der Waals surface area contributed by atoms with Crippen molar-refractivity contribution in [3.05, 3.63) is 76.5 Å². The van der Waals surface area contributed by atoms with Crippen LogP contribution < -0.4 is 5.32 Å². The Hall–Kier alpha value is -3.34. The summed E-state index contributed by atoms with van der Waals surface area (Å²) in [5, 5.41) is 3.04. The Kier molecular flexibility index (Phi) is 6.40. The molecule has 0 bridgehead atoms. The molecule has 1 amide bonds. The highest BCUT2D eigenvalue weighted by atomic mass is 16.5. The number of rotatable bonds is 6. The summed E-state index contributed by atoms with van der Waals surface area (Å²) < 4.78 is 7.18. The van der Waals surface area contributed by atoms with E-state index in [4.69, 9.17) is 4.74 Å². The third-order valence-electron chi connectivity index (χ3n) is 5.34. The van der Waals surface area contributed by atoms with Crippen LogP contribution in [0.15, 0.2) is 48.5 Å². The molecule has 0 unspecified atom stereocenters. The van der Waals surface area contributed by atoms with E-state index in [-0.39, 0.29) is 18.4 Å². The van der Waals surface area contributed by atoms with Gasteiger partial charge in [-0.25, -0.2) is 4.79 Å². The van der Waals surface area contributed by atoms with Gasteiger partial charge in [0.05, 0.1) is 17.9 Å². The number of hydrogen-bond acceptors (Lipinski definition) is 3. The second-order valence-corrected chi connectivity index (χ2v) is 7.42. The van der Waals surface area contributed by atoms with E-state index in [9.17, 15) is 9.59 Å². The molecule has 3 rings (SSSR count). The van der Waals surface area contributed by atoms with Crippen LogP contribution in [0.2, 0.25) is 0 Å². The Labute approximate surface area is 177 Å². The first-order valence-electron chi connectivity index (χ1n) is 10.1. The molecular weight excluding hydrogens is 376 g/mol. The summed E-state index contributed by atoms with van der Waals surface area (Å²) in [6.07, 6.45) is 0. The highest BCUT2D eigenvalue weighted by Crippen LogP contribution is 2.32. The van der Waals surface area contributed by atoms with Crippen LogP contribution in [0.5, 0.6) is 0 Å². The number of aromatic nitrogens is 1. The topological polar surface area (TPSA) is 60.3 Å². The van der Waals surface area contributed by atoms with Gasteiger partial charge >= 0.3 is 5.97 Å². The number of amides is 1. The van der Waals surface area contributed by atoms with Gasteiger partial charge in [0.2, 0.25) is 5.91 Å². The molecule has 156 valence electrons. The minimum absolute atomic E-state index is 0.101. The predicted octanol–water partition coefficient (Wildman–Crippen LogP) is 5.20. The average molecular weight is 405 g/mol. The van der Waals surface area contributed by atoms with Crippen molar-refractivity contribution < 1.29 is 14.3 Å². The van der Waals surface area contributed by atoms with E-state index >= 15 is 0 Å². The molecule has 0 saturated heterocycles. The van der Waals surface area contributed by atoms with Crippen molar-refractivity contribution in [3.63, 3.8) is 0 Å². The number of nitrogens with zero attached hydrogens (tertiary/aromatic N) is 1. The van der Waals surface area contributed by atoms with Gasteiger partial charge in [-0.2, -0.15) is 0 Å². The summed E-state index contributed by atoms with van der Waals surface area (Å²) >= 11 is 0. The lowest BCUT2D eigenvalue weighted by Crippen LogP contribution is -2.21. The molecule has 1 aromatic heterocycles. The van der Waals surface area contributed by atoms with E-state index in [2.05, 4.69) is 5.32 Å². The normalized spacial score (nSPS) is 10.7. The van der Waals surface area contributed by atoms with Crippen LogP contribution >= 0.6 is 0 Å². The molecule has 0 aliphatic rings. The van der Waals surface area contributed by atoms with Gasteiger partial charge in [0.1, 0.15) is 6.54 Å². The Morgan fingerprint density at radius 2 is 1.57 bits per heavy atom. The second-order valence-electron chi connectivity index (χ2n) is 7.42. The highest BCUT2D eigenvalue weighted by Gasteiger charge is 2.25. The standard InChI is InChI=1S/C25H28N2O3/c1-6-30-25(29)22-18(4)24(20-13-8-7-9-14-20)27(19(22)5)15-21(28)26-23-16(2)11-10-12-17(23)3/h7-14H,6,15H2,1-5H3,(H,26,28). The zero-order valence-corrected chi connectivity index (χ0v) is 18.2. The Morgan fingerprint density at radius 1 is 0.933 bits per heavy atom. The van der Waals surface area contributed by atoms with Crippen LogP contribution in [0, 0.1) is 27.7 Å². The first-order chi connectivity index (χ1) is 14.3. The molecule has 5 nitrogen and oxygen atoms in total. The molecule has 0 atom stereocenters. The zero-order valence-electron chi connectivity index (χ0n) is 18.2. The van der Waals surface area contributed by atoms with Gasteiger partial charge in [0.25, 0.3) is 0 Å². The maximum absolute atomic E-state index is 13.0. The number of nitrogens with one attached hydrogen (secondary N) is 1. The third-order valence-corrected chi connectivity index (χ3v) is 5.34. The number of aryl methyl sites for hydroxylation is 2. The minimum atomic E-state index is -0.362. The Balaban J connectivity index is 2.03. The third kappa shape index (κ3) is 4.15. The quantitative estimate of drug-likeness (QED) is 0.574. The monoisotopic (exact) mass is 404 g/mol. The lowest BCUT2D eigenvalue weighted by Gasteiger charge is -2.15. The summed E-state index contributed by atoms with van der Waals surface area (Å²) in [6.45, 7) is 9.90. The first kappa shape index (κ1) is 21.4. The van der Waals surface area contributed by atoms with Crippen molar-refractivity contribution in [2.45, 2.75) is 41.2 Å². The molecular formula is C25H28N2O3. The van der Waals surface area contributed by atoms with Crippen molar-refractivity contribution in [2.24, 2.45) is 0 Å². The van der Waals surface area contributed by atoms with Gasteiger partial charge in [-0.15, -0.1) is 0 Å². The Morgan fingerprint density at radius 3 is 2.17 bits per heavy atom. The van der Waals surface area contributed by atoms with Crippen LogP contribution in [0.1, 0.15) is 39.7 Å². The molecule has 3 aromatic rings. The number of benzene rings is 2. The molecule has 1 heterocycles. The lowest BCUT2D eigenvalue weighted by atomic mass is 10.1. The minimum Gasteiger partial charge on any atom is -0.462 e. The fourth-order valence-corrected chi connectivity index (χ4v) is 3.90. The van der Waals surface area contributed by atoms with Gasteiger partial charge in [0.15, 0.2) is 0 Å². The van der Waals surface area contributed by atoms with E-state index in [0.717, 1.165) is 39.3 Å². The van der Waals surface area contributed by atoms with Gasteiger partial charge in [-0.3, -0.25) is 4.79 Å². The van der Waals surface area contributed by atoms with Crippen LogP contribution in [-0.4, -0.2) is 23.1 Å². The number of carbonyl (C=O) groups excluding carboxylic acids is 2. The van der Waals surface area contributed by atoms with E-state index in [1.807, 2.05) is 80.8 Å². The first-order valence-corrected chi connectivity index (χ1v) is 10.1. The Bertz CT molecular complexity index is 1060. The summed E-state index contributed by atoms with van der Waals surface area (Å²) in [5.74, 6) is -0.503. The van der Waals surface area contributed by atoms with Crippen molar-refractivity contribution in [1.82, 2.24) is 4.57 Å². The number of hydrogen-bond donors (Lipinski definition) is 1. The summed E-state index contributed by atoms with van der Waals surface area (Å²) in [6, 6.07) is 15.7. The molecule has 1 N–H and O–H groups in total. The van der Waals surface area contributed by atoms with E-state index in [1.165, 1.54) is 0 Å². The summed E-state index contributed by atoms with van der Waals surface area (Å²) in [4.78, 5) is 25.6. The van der Waals surface area contributed by atoms with Crippen LogP contribution in [0.25, 0.3) is 11.3 Å². The lowest BCUT2D eigenvalue weighted by molar-refractivity contribution is -0.116. The van der Waals surface area contributed by atoms with Crippen molar-refractivity contribution in [2.75, 3.05) is 11.9 Å². The summed E-state index contributed by atoms with van der Waals surface area (Å²) in [7, 11) is 0. The molecule has 0 spiro atoms. The fourth-order valence-electron chi connectivity index (χ4n) is 3.90. The average Bonchev–Trinajstić information content (AvgIpc) is 2.95. The van der Waals surface area contributed by atoms with Crippen LogP contribution in [0.3, 0.4) is 0 Å². The molecule has 0 aliphatic carbocycles. The van der Waals surface area contributed by atoms with Gasteiger partial charge < -0.3 is 14.6 Å². The van der Waals surface area contributed by atoms with Gasteiger partial charge in [-0.1, -0.05) is 48.5 Å². The van der Waals surface area contributed by atoms with Gasteiger partial charge in [-0.05, 0) is 56.9 Å². The fraction of sp³-hybridized carbons (Fsp3) is 0.280. The maximum Gasteiger partial charge on any atom is 0.340 e. The molecule has 0 saturated carbocycles. The van der Waals surface area contributed by atoms with Crippen LogP contribution in [-0.2, 0) is 16.1 Å². The van der Waals surface area contributed by atoms with E-state index in [1.54, 1.807) is 6.92 Å². The number of anilines is 1. The molecule has 0 aliphatic heterocycles. The maximum atomic E-state index is 13.0. The molecule has 30 heavy (non-hydrogen) atoms. The smallest absolute Gasteiger partial charge is 0.340 e. The number of carbonyl (C=O) groups is 2. The highest BCUT2D eigenvalue weighted by molar-refractivity contribution is 5.97. The number of esters is 1.